The molecule has 3 atom stereocenters. The third-order valence-electron chi connectivity index (χ3n) is 6.98. The first-order valence-corrected chi connectivity index (χ1v) is 12.3. The number of benzene rings is 3. The second-order valence-corrected chi connectivity index (χ2v) is 9.46. The van der Waals surface area contributed by atoms with Crippen LogP contribution in [-0.4, -0.2) is 57.3 Å². The van der Waals surface area contributed by atoms with Crippen LogP contribution in [0.3, 0.4) is 0 Å². The van der Waals surface area contributed by atoms with Crippen LogP contribution in [0.1, 0.15) is 38.8 Å². The number of hydrogen-bond acceptors (Lipinski definition) is 7. The summed E-state index contributed by atoms with van der Waals surface area (Å²) in [6.07, 6.45) is 0.339. The minimum Gasteiger partial charge on any atom is -0.508 e. The van der Waals surface area contributed by atoms with Crippen molar-refractivity contribution in [1.82, 2.24) is 15.6 Å². The number of para-hydroxylation sites is 1. The van der Waals surface area contributed by atoms with Crippen LogP contribution < -0.4 is 10.6 Å². The zero-order valence-electron chi connectivity index (χ0n) is 21.0. The molecular formula is C29H27N3O7. The molecule has 5 rings (SSSR count). The first-order chi connectivity index (χ1) is 18.7. The molecule has 2 heterocycles. The molecular weight excluding hydrogens is 502 g/mol. The van der Waals surface area contributed by atoms with Crippen molar-refractivity contribution in [2.45, 2.75) is 31.0 Å². The largest absolute Gasteiger partial charge is 0.508 e. The summed E-state index contributed by atoms with van der Waals surface area (Å²) < 4.78 is 4.80. The van der Waals surface area contributed by atoms with E-state index in [0.717, 1.165) is 22.2 Å². The average Bonchev–Trinajstić information content (AvgIpc) is 3.32. The monoisotopic (exact) mass is 529 g/mol. The van der Waals surface area contributed by atoms with Crippen LogP contribution in [-0.2, 0) is 27.2 Å². The number of phenolic OH excluding ortho intramolecular Hbond substituents is 2. The van der Waals surface area contributed by atoms with Gasteiger partial charge < -0.3 is 30.4 Å². The molecule has 10 heteroatoms. The number of fused-ring (bicyclic) bond motifs is 3. The highest BCUT2D eigenvalue weighted by molar-refractivity contribution is 5.93. The number of methoxy groups -OCH3 is 1. The minimum absolute atomic E-state index is 0.0131. The molecule has 0 spiro atoms. The van der Waals surface area contributed by atoms with Crippen LogP contribution in [0.4, 0.5) is 0 Å². The number of aromatic hydroxyl groups is 2. The number of H-pyrrole nitrogens is 1. The molecule has 1 amide bonds. The Balaban J connectivity index is 1.48. The lowest BCUT2D eigenvalue weighted by Gasteiger charge is -2.32. The fourth-order valence-corrected chi connectivity index (χ4v) is 5.01. The van der Waals surface area contributed by atoms with E-state index in [1.807, 2.05) is 24.3 Å². The summed E-state index contributed by atoms with van der Waals surface area (Å²) in [4.78, 5) is 41.1. The number of carboxylic acids is 1. The van der Waals surface area contributed by atoms with E-state index in [2.05, 4.69) is 15.6 Å². The summed E-state index contributed by atoms with van der Waals surface area (Å²) in [6, 6.07) is 15.8. The highest BCUT2D eigenvalue weighted by Gasteiger charge is 2.36. The molecule has 6 N–H and O–H groups in total. The standard InChI is InChI=1S/C29H27N3O7/c1-39-29(38)20-13-16(8-11-24(20)34)25-26-19(18-4-2-3-5-21(18)30-26)14-22(31-25)27(35)32-23(28(36)37)12-15-6-9-17(33)10-7-15/h2-11,13,22-23,25,30-31,33-34H,12,14H2,1H3,(H,32,35)(H,36,37)/t22-,23-,25+/m0/s1. The summed E-state index contributed by atoms with van der Waals surface area (Å²) in [7, 11) is 1.22. The molecule has 1 aliphatic heterocycles. The van der Waals surface area contributed by atoms with Crippen molar-refractivity contribution in [3.63, 3.8) is 0 Å². The van der Waals surface area contributed by atoms with Crippen molar-refractivity contribution in [3.05, 3.63) is 94.7 Å². The van der Waals surface area contributed by atoms with Crippen LogP contribution in [0.25, 0.3) is 10.9 Å². The van der Waals surface area contributed by atoms with Crippen molar-refractivity contribution < 1.29 is 34.4 Å². The van der Waals surface area contributed by atoms with Gasteiger partial charge in [0.25, 0.3) is 0 Å². The molecule has 0 saturated heterocycles. The van der Waals surface area contributed by atoms with Crippen molar-refractivity contribution in [1.29, 1.82) is 0 Å². The molecule has 0 unspecified atom stereocenters. The summed E-state index contributed by atoms with van der Waals surface area (Å²) in [6.45, 7) is 0. The van der Waals surface area contributed by atoms with Gasteiger partial charge in [0.05, 0.1) is 19.2 Å². The van der Waals surface area contributed by atoms with Gasteiger partial charge in [-0.25, -0.2) is 9.59 Å². The van der Waals surface area contributed by atoms with Gasteiger partial charge in [-0.2, -0.15) is 0 Å². The van der Waals surface area contributed by atoms with Gasteiger partial charge in [-0.15, -0.1) is 0 Å². The SMILES string of the molecule is COC(=O)c1cc([C@H]2N[C@H](C(=O)N[C@@H](Cc3ccc(O)cc3)C(=O)O)Cc3c2[nH]c2ccccc32)ccc1O. The minimum atomic E-state index is -1.19. The first-order valence-electron chi connectivity index (χ1n) is 12.3. The number of aromatic amines is 1. The van der Waals surface area contributed by atoms with E-state index in [1.165, 1.54) is 31.4 Å². The Hall–Kier alpha value is -4.83. The lowest BCUT2D eigenvalue weighted by Crippen LogP contribution is -2.54. The second-order valence-electron chi connectivity index (χ2n) is 9.46. The van der Waals surface area contributed by atoms with E-state index in [1.54, 1.807) is 18.2 Å². The van der Waals surface area contributed by atoms with Crippen LogP contribution in [0.2, 0.25) is 0 Å². The Kier molecular flexibility index (Phi) is 6.95. The third kappa shape index (κ3) is 5.14. The van der Waals surface area contributed by atoms with Gasteiger partial charge in [0.15, 0.2) is 0 Å². The molecule has 0 bridgehead atoms. The number of nitrogens with one attached hydrogen (secondary N) is 3. The molecule has 200 valence electrons. The highest BCUT2D eigenvalue weighted by atomic mass is 16.5. The Labute approximate surface area is 223 Å². The Bertz CT molecular complexity index is 1560. The molecule has 3 aromatic carbocycles. The lowest BCUT2D eigenvalue weighted by molar-refractivity contribution is -0.142. The predicted octanol–water partition coefficient (Wildman–Crippen LogP) is 2.78. The zero-order valence-corrected chi connectivity index (χ0v) is 21.0. The van der Waals surface area contributed by atoms with Crippen LogP contribution in [0.5, 0.6) is 11.5 Å². The molecule has 0 fully saturated rings. The highest BCUT2D eigenvalue weighted by Crippen LogP contribution is 2.36. The van der Waals surface area contributed by atoms with Gasteiger partial charge in [-0.1, -0.05) is 36.4 Å². The van der Waals surface area contributed by atoms with Crippen LogP contribution >= 0.6 is 0 Å². The topological polar surface area (TPSA) is 161 Å². The molecule has 4 aromatic rings. The fourth-order valence-electron chi connectivity index (χ4n) is 5.01. The van der Waals surface area contributed by atoms with E-state index in [9.17, 15) is 29.7 Å². The number of carbonyl (C=O) groups excluding carboxylic acids is 2. The van der Waals surface area contributed by atoms with E-state index in [0.29, 0.717) is 17.5 Å². The number of ether oxygens (including phenoxy) is 1. The number of aliphatic carboxylic acids is 1. The van der Waals surface area contributed by atoms with Gasteiger partial charge in [-0.05, 0) is 53.4 Å². The average molecular weight is 530 g/mol. The number of carboxylic acid groups (broad SMARTS) is 1. The van der Waals surface area contributed by atoms with E-state index in [4.69, 9.17) is 4.74 Å². The predicted molar refractivity (Wildman–Crippen MR) is 142 cm³/mol. The molecule has 0 radical (unpaired) electrons. The number of esters is 1. The quantitative estimate of drug-likeness (QED) is 0.199. The second kappa shape index (κ2) is 10.5. The first kappa shape index (κ1) is 25.8. The van der Waals surface area contributed by atoms with Crippen LogP contribution in [0, 0.1) is 0 Å². The molecule has 0 aliphatic carbocycles. The van der Waals surface area contributed by atoms with Crippen molar-refractivity contribution >= 4 is 28.7 Å². The summed E-state index contributed by atoms with van der Waals surface area (Å²) >= 11 is 0. The molecule has 1 aliphatic rings. The summed E-state index contributed by atoms with van der Waals surface area (Å²) in [5.41, 5.74) is 3.82. The fraction of sp³-hybridized carbons (Fsp3) is 0.207. The van der Waals surface area contributed by atoms with Crippen LogP contribution in [0.15, 0.2) is 66.7 Å². The molecule has 39 heavy (non-hydrogen) atoms. The number of carbonyl (C=O) groups is 3. The van der Waals surface area contributed by atoms with E-state index >= 15 is 0 Å². The smallest absolute Gasteiger partial charge is 0.341 e. The van der Waals surface area contributed by atoms with E-state index < -0.39 is 36.0 Å². The van der Waals surface area contributed by atoms with Gasteiger partial charge in [-0.3, -0.25) is 10.1 Å². The summed E-state index contributed by atoms with van der Waals surface area (Å²) in [5, 5.41) is 36.4. The number of phenols is 2. The van der Waals surface area contributed by atoms with Gasteiger partial charge in [0.2, 0.25) is 5.91 Å². The molecule has 0 saturated carbocycles. The number of aromatic nitrogens is 1. The number of rotatable bonds is 7. The van der Waals surface area contributed by atoms with Crippen molar-refractivity contribution in [2.75, 3.05) is 7.11 Å². The zero-order chi connectivity index (χ0) is 27.7. The summed E-state index contributed by atoms with van der Waals surface area (Å²) in [5.74, 6) is -2.54. The number of hydrogen-bond donors (Lipinski definition) is 6. The third-order valence-corrected chi connectivity index (χ3v) is 6.98. The van der Waals surface area contributed by atoms with Crippen molar-refractivity contribution in [2.24, 2.45) is 0 Å². The maximum Gasteiger partial charge on any atom is 0.341 e. The van der Waals surface area contributed by atoms with Gasteiger partial charge >= 0.3 is 11.9 Å². The maximum atomic E-state index is 13.5. The Morgan fingerprint density at radius 1 is 1.05 bits per heavy atom. The van der Waals surface area contributed by atoms with E-state index in [-0.39, 0.29) is 23.5 Å². The Morgan fingerprint density at radius 2 is 1.79 bits per heavy atom. The normalized spacial score (nSPS) is 17.3. The number of amides is 1. The van der Waals surface area contributed by atoms with Gasteiger partial charge in [0.1, 0.15) is 23.1 Å². The molecule has 1 aromatic heterocycles. The van der Waals surface area contributed by atoms with Gasteiger partial charge in [0, 0.05) is 23.0 Å². The molecule has 10 nitrogen and oxygen atoms in total. The Morgan fingerprint density at radius 3 is 2.51 bits per heavy atom. The maximum absolute atomic E-state index is 13.5. The lowest BCUT2D eigenvalue weighted by atomic mass is 9.89. The van der Waals surface area contributed by atoms with Crippen molar-refractivity contribution in [3.8, 4) is 11.5 Å².